The lowest BCUT2D eigenvalue weighted by molar-refractivity contribution is -0.120. The molecule has 1 N–H and O–H groups in total. The zero-order chi connectivity index (χ0) is 14.7. The van der Waals surface area contributed by atoms with Crippen LogP contribution in [0.5, 0.6) is 0 Å². The van der Waals surface area contributed by atoms with Gasteiger partial charge in [0.1, 0.15) is 0 Å². The lowest BCUT2D eigenvalue weighted by Crippen LogP contribution is -2.15. The smallest absolute Gasteiger partial charge is 0.219 e. The number of aryl methyl sites for hydroxylation is 1. The van der Waals surface area contributed by atoms with E-state index >= 15 is 0 Å². The minimum Gasteiger partial charge on any atom is -0.359 e. The summed E-state index contributed by atoms with van der Waals surface area (Å²) in [5.74, 6) is 0.997. The molecule has 0 saturated heterocycles. The fraction of sp³-hybridized carbons (Fsp3) is 0.588. The maximum atomic E-state index is 10.1. The van der Waals surface area contributed by atoms with E-state index in [2.05, 4.69) is 36.5 Å². The molecule has 0 bridgehead atoms. The molecule has 1 aromatic carbocycles. The molecule has 0 aliphatic heterocycles. The van der Waals surface area contributed by atoms with Crippen molar-refractivity contribution in [2.24, 2.45) is 0 Å². The molecule has 1 amide bonds. The van der Waals surface area contributed by atoms with E-state index in [1.807, 2.05) is 20.8 Å². The molecule has 2 heteroatoms. The Bertz CT molecular complexity index is 350. The predicted molar refractivity (Wildman–Crippen MR) is 83.5 cm³/mol. The molecule has 1 aliphatic carbocycles. The lowest BCUT2D eigenvalue weighted by Gasteiger charge is -2.00. The summed E-state index contributed by atoms with van der Waals surface area (Å²) in [6, 6.07) is 9.02. The van der Waals surface area contributed by atoms with Crippen LogP contribution in [0.3, 0.4) is 0 Å². The second-order valence-corrected chi connectivity index (χ2v) is 4.40. The van der Waals surface area contributed by atoms with Crippen LogP contribution in [0, 0.1) is 0 Å². The highest BCUT2D eigenvalue weighted by molar-refractivity contribution is 5.74. The summed E-state index contributed by atoms with van der Waals surface area (Å²) in [7, 11) is 1.63. The van der Waals surface area contributed by atoms with Crippen molar-refractivity contribution >= 4 is 5.91 Å². The molecule has 1 aromatic rings. The standard InChI is InChI=1S/C11H14.C4H9NO.C2H6/c1-2-9-4-3-5-11(8-9)10-6-7-10;1-3-4(6)5-2;1-2/h3-5,8,10H,2,6-7H2,1H3;3H2,1-2H3,(H,5,6);1-2H3. The van der Waals surface area contributed by atoms with Gasteiger partial charge in [0.25, 0.3) is 0 Å². The Balaban J connectivity index is 0.000000350. The second kappa shape index (κ2) is 10.6. The summed E-state index contributed by atoms with van der Waals surface area (Å²) in [5, 5.41) is 2.48. The molecule has 19 heavy (non-hydrogen) atoms. The molecule has 0 atom stereocenters. The molecule has 0 radical (unpaired) electrons. The SMILES string of the molecule is CC.CCC(=O)NC.CCc1cccc(C2CC2)c1. The molecule has 1 fully saturated rings. The van der Waals surface area contributed by atoms with Crippen molar-refractivity contribution < 1.29 is 4.79 Å². The first-order valence-corrected chi connectivity index (χ1v) is 7.50. The summed E-state index contributed by atoms with van der Waals surface area (Å²) >= 11 is 0. The van der Waals surface area contributed by atoms with Gasteiger partial charge in [-0.05, 0) is 36.3 Å². The summed E-state index contributed by atoms with van der Waals surface area (Å²) in [5.41, 5.74) is 3.04. The van der Waals surface area contributed by atoms with Crippen molar-refractivity contribution in [1.29, 1.82) is 0 Å². The zero-order valence-corrected chi connectivity index (χ0v) is 13.1. The fourth-order valence-corrected chi connectivity index (χ4v) is 1.66. The molecule has 2 nitrogen and oxygen atoms in total. The van der Waals surface area contributed by atoms with E-state index in [1.54, 1.807) is 12.6 Å². The number of carbonyl (C=O) groups is 1. The Morgan fingerprint density at radius 3 is 2.26 bits per heavy atom. The third-order valence-corrected chi connectivity index (χ3v) is 3.01. The molecule has 1 saturated carbocycles. The molecule has 0 unspecified atom stereocenters. The van der Waals surface area contributed by atoms with E-state index in [4.69, 9.17) is 0 Å². The third kappa shape index (κ3) is 7.66. The highest BCUT2D eigenvalue weighted by Crippen LogP contribution is 2.40. The Labute approximate surface area is 118 Å². The van der Waals surface area contributed by atoms with Crippen molar-refractivity contribution in [1.82, 2.24) is 5.32 Å². The Hall–Kier alpha value is -1.31. The number of benzene rings is 1. The Kier molecular flexibility index (Phi) is 9.87. The number of carbonyl (C=O) groups excluding carboxylic acids is 1. The fourth-order valence-electron chi connectivity index (χ4n) is 1.66. The van der Waals surface area contributed by atoms with Crippen molar-refractivity contribution in [2.45, 2.75) is 59.3 Å². The third-order valence-electron chi connectivity index (χ3n) is 3.01. The minimum atomic E-state index is 0.0926. The maximum Gasteiger partial charge on any atom is 0.219 e. The van der Waals surface area contributed by atoms with Crippen LogP contribution in [0.25, 0.3) is 0 Å². The quantitative estimate of drug-likeness (QED) is 0.865. The van der Waals surface area contributed by atoms with Crippen LogP contribution in [0.15, 0.2) is 24.3 Å². The van der Waals surface area contributed by atoms with Crippen LogP contribution in [0.4, 0.5) is 0 Å². The average Bonchev–Trinajstić information content (AvgIpc) is 3.34. The maximum absolute atomic E-state index is 10.1. The summed E-state index contributed by atoms with van der Waals surface area (Å²) < 4.78 is 0. The van der Waals surface area contributed by atoms with Gasteiger partial charge in [-0.2, -0.15) is 0 Å². The van der Waals surface area contributed by atoms with Gasteiger partial charge in [0.05, 0.1) is 0 Å². The van der Waals surface area contributed by atoms with Crippen molar-refractivity contribution in [3.8, 4) is 0 Å². The minimum absolute atomic E-state index is 0.0926. The van der Waals surface area contributed by atoms with E-state index in [1.165, 1.54) is 24.8 Å². The second-order valence-electron chi connectivity index (χ2n) is 4.40. The van der Waals surface area contributed by atoms with Crippen LogP contribution in [0.1, 0.15) is 64.0 Å². The molecular formula is C17H29NO. The average molecular weight is 263 g/mol. The van der Waals surface area contributed by atoms with Crippen LogP contribution < -0.4 is 5.32 Å². The van der Waals surface area contributed by atoms with Gasteiger partial charge in [-0.1, -0.05) is 52.0 Å². The van der Waals surface area contributed by atoms with E-state index < -0.39 is 0 Å². The molecule has 0 spiro atoms. The highest BCUT2D eigenvalue weighted by atomic mass is 16.1. The monoisotopic (exact) mass is 263 g/mol. The summed E-state index contributed by atoms with van der Waals surface area (Å²) in [6.45, 7) is 8.03. The first kappa shape index (κ1) is 17.7. The molecule has 108 valence electrons. The number of hydrogen-bond donors (Lipinski definition) is 1. The van der Waals surface area contributed by atoms with E-state index in [0.717, 1.165) is 5.92 Å². The molecule has 0 heterocycles. The summed E-state index contributed by atoms with van der Waals surface area (Å²) in [4.78, 5) is 10.1. The first-order valence-electron chi connectivity index (χ1n) is 7.50. The van der Waals surface area contributed by atoms with E-state index in [9.17, 15) is 4.79 Å². The van der Waals surface area contributed by atoms with Gasteiger partial charge in [0.2, 0.25) is 5.91 Å². The van der Waals surface area contributed by atoms with Gasteiger partial charge in [-0.15, -0.1) is 0 Å². The number of rotatable bonds is 3. The Morgan fingerprint density at radius 2 is 1.89 bits per heavy atom. The van der Waals surface area contributed by atoms with E-state index in [-0.39, 0.29) is 5.91 Å². The zero-order valence-electron chi connectivity index (χ0n) is 13.1. The molecule has 2 rings (SSSR count). The number of hydrogen-bond acceptors (Lipinski definition) is 1. The van der Waals surface area contributed by atoms with Gasteiger partial charge in [0, 0.05) is 13.5 Å². The van der Waals surface area contributed by atoms with Crippen molar-refractivity contribution in [3.63, 3.8) is 0 Å². The molecular weight excluding hydrogens is 234 g/mol. The normalized spacial score (nSPS) is 12.5. The van der Waals surface area contributed by atoms with Crippen LogP contribution in [-0.4, -0.2) is 13.0 Å². The van der Waals surface area contributed by atoms with Crippen LogP contribution in [-0.2, 0) is 11.2 Å². The van der Waals surface area contributed by atoms with Crippen molar-refractivity contribution in [2.75, 3.05) is 7.05 Å². The van der Waals surface area contributed by atoms with Crippen molar-refractivity contribution in [3.05, 3.63) is 35.4 Å². The van der Waals surface area contributed by atoms with E-state index in [0.29, 0.717) is 6.42 Å². The lowest BCUT2D eigenvalue weighted by atomic mass is 10.1. The van der Waals surface area contributed by atoms with Gasteiger partial charge in [-0.25, -0.2) is 0 Å². The predicted octanol–water partition coefficient (Wildman–Crippen LogP) is 4.30. The molecule has 0 aromatic heterocycles. The van der Waals surface area contributed by atoms with Gasteiger partial charge in [0.15, 0.2) is 0 Å². The van der Waals surface area contributed by atoms with Crippen LogP contribution >= 0.6 is 0 Å². The van der Waals surface area contributed by atoms with Gasteiger partial charge in [-0.3, -0.25) is 4.79 Å². The molecule has 1 aliphatic rings. The number of amides is 1. The number of nitrogens with one attached hydrogen (secondary N) is 1. The Morgan fingerprint density at radius 1 is 1.26 bits per heavy atom. The van der Waals surface area contributed by atoms with Gasteiger partial charge < -0.3 is 5.32 Å². The summed E-state index contributed by atoms with van der Waals surface area (Å²) in [6.07, 6.45) is 4.57. The van der Waals surface area contributed by atoms with Gasteiger partial charge >= 0.3 is 0 Å². The largest absolute Gasteiger partial charge is 0.359 e. The first-order chi connectivity index (χ1) is 9.21. The van der Waals surface area contributed by atoms with Crippen LogP contribution in [0.2, 0.25) is 0 Å². The highest BCUT2D eigenvalue weighted by Gasteiger charge is 2.22. The topological polar surface area (TPSA) is 29.1 Å².